The minimum Gasteiger partial charge on any atom is -0.489 e. The Bertz CT molecular complexity index is 640. The van der Waals surface area contributed by atoms with Gasteiger partial charge in [0.1, 0.15) is 17.6 Å². The molecular formula is C23H40O4S. The maximum Gasteiger partial charge on any atom is 0.268 e. The van der Waals surface area contributed by atoms with Gasteiger partial charge in [0.25, 0.3) is 10.1 Å². The molecule has 162 valence electrons. The van der Waals surface area contributed by atoms with Gasteiger partial charge in [-0.15, -0.1) is 0 Å². The molecule has 1 N–H and O–H groups in total. The normalized spacial score (nSPS) is 12.9. The number of hydrogen-bond donors (Lipinski definition) is 1. The molecule has 1 unspecified atom stereocenters. The minimum absolute atomic E-state index is 0.385. The maximum atomic E-state index is 11.2. The molecule has 0 radical (unpaired) electrons. The standard InChI is InChI=1S/C23H40O4S/c1-4-6-8-10-12-14-21-16-17-22(15-13-11-9-7-5-2)23(18-21)27-20(3)19-28(24,25)26/h16-18,20H,4-15,19H2,1-3H3,(H,24,25,26). The van der Waals surface area contributed by atoms with Crippen LogP contribution in [0, 0.1) is 0 Å². The SMILES string of the molecule is CCCCCCCc1ccc(CCCCCCC)c(OC(C)CS(=O)(=O)O)c1. The summed E-state index contributed by atoms with van der Waals surface area (Å²) in [6.45, 7) is 6.12. The lowest BCUT2D eigenvalue weighted by molar-refractivity contribution is 0.238. The number of ether oxygens (including phenoxy) is 1. The third-order valence-electron chi connectivity index (χ3n) is 5.02. The fourth-order valence-electron chi connectivity index (χ4n) is 3.47. The van der Waals surface area contributed by atoms with Crippen LogP contribution < -0.4 is 4.74 Å². The lowest BCUT2D eigenvalue weighted by atomic mass is 10.00. The Morgan fingerprint density at radius 1 is 0.893 bits per heavy atom. The molecule has 28 heavy (non-hydrogen) atoms. The first-order valence-corrected chi connectivity index (χ1v) is 12.7. The average Bonchev–Trinajstić information content (AvgIpc) is 2.61. The highest BCUT2D eigenvalue weighted by Crippen LogP contribution is 2.25. The Morgan fingerprint density at radius 2 is 1.46 bits per heavy atom. The molecule has 0 amide bonds. The van der Waals surface area contributed by atoms with Gasteiger partial charge in [-0.25, -0.2) is 0 Å². The topological polar surface area (TPSA) is 63.6 Å². The Morgan fingerprint density at radius 3 is 2.04 bits per heavy atom. The first kappa shape index (κ1) is 25.0. The first-order valence-electron chi connectivity index (χ1n) is 11.1. The van der Waals surface area contributed by atoms with E-state index < -0.39 is 16.2 Å². The van der Waals surface area contributed by atoms with Crippen molar-refractivity contribution in [3.8, 4) is 5.75 Å². The van der Waals surface area contributed by atoms with E-state index in [9.17, 15) is 8.42 Å². The highest BCUT2D eigenvalue weighted by Gasteiger charge is 2.16. The fraction of sp³-hybridized carbons (Fsp3) is 0.739. The molecule has 0 saturated heterocycles. The molecule has 1 atom stereocenters. The number of unbranched alkanes of at least 4 members (excludes halogenated alkanes) is 8. The summed E-state index contributed by atoms with van der Waals surface area (Å²) in [5, 5.41) is 0. The van der Waals surface area contributed by atoms with Crippen molar-refractivity contribution in [3.63, 3.8) is 0 Å². The summed E-state index contributed by atoms with van der Waals surface area (Å²) >= 11 is 0. The molecule has 0 aliphatic carbocycles. The molecule has 0 spiro atoms. The van der Waals surface area contributed by atoms with Crippen molar-refractivity contribution >= 4 is 10.1 Å². The van der Waals surface area contributed by atoms with E-state index in [2.05, 4.69) is 32.0 Å². The lowest BCUT2D eigenvalue weighted by Gasteiger charge is -2.18. The molecule has 0 aliphatic heterocycles. The zero-order valence-corrected chi connectivity index (χ0v) is 18.9. The number of aryl methyl sites for hydroxylation is 2. The summed E-state index contributed by atoms with van der Waals surface area (Å²) < 4.78 is 37.4. The third kappa shape index (κ3) is 11.7. The summed E-state index contributed by atoms with van der Waals surface area (Å²) in [6, 6.07) is 6.39. The molecule has 1 rings (SSSR count). The van der Waals surface area contributed by atoms with Gasteiger partial charge in [0.05, 0.1) is 0 Å². The van der Waals surface area contributed by atoms with Gasteiger partial charge in [0, 0.05) is 0 Å². The average molecular weight is 413 g/mol. The van der Waals surface area contributed by atoms with Crippen LogP contribution in [0.25, 0.3) is 0 Å². The molecule has 0 aromatic heterocycles. The fourth-order valence-corrected chi connectivity index (χ4v) is 4.13. The van der Waals surface area contributed by atoms with Crippen molar-refractivity contribution in [2.75, 3.05) is 5.75 Å². The van der Waals surface area contributed by atoms with Gasteiger partial charge in [0.2, 0.25) is 0 Å². The molecule has 0 saturated carbocycles. The summed E-state index contributed by atoms with van der Waals surface area (Å²) in [6.07, 6.45) is 13.7. The summed E-state index contributed by atoms with van der Waals surface area (Å²) in [5.41, 5.74) is 2.37. The lowest BCUT2D eigenvalue weighted by Crippen LogP contribution is -2.23. The zero-order valence-electron chi connectivity index (χ0n) is 18.1. The van der Waals surface area contributed by atoms with Crippen LogP contribution in [0.1, 0.15) is 96.1 Å². The quantitative estimate of drug-likeness (QED) is 0.253. The second kappa shape index (κ2) is 14.0. The molecule has 5 heteroatoms. The second-order valence-electron chi connectivity index (χ2n) is 7.95. The molecule has 1 aromatic carbocycles. The van der Waals surface area contributed by atoms with Crippen LogP contribution in [0.2, 0.25) is 0 Å². The Kier molecular flexibility index (Phi) is 12.5. The van der Waals surface area contributed by atoms with E-state index in [4.69, 9.17) is 9.29 Å². The van der Waals surface area contributed by atoms with E-state index in [1.807, 2.05) is 0 Å². The van der Waals surface area contributed by atoms with Crippen LogP contribution in [-0.4, -0.2) is 24.8 Å². The van der Waals surface area contributed by atoms with E-state index >= 15 is 0 Å². The van der Waals surface area contributed by atoms with Gasteiger partial charge < -0.3 is 4.74 Å². The number of hydrogen-bond acceptors (Lipinski definition) is 3. The van der Waals surface area contributed by atoms with Gasteiger partial charge in [-0.05, 0) is 49.8 Å². The van der Waals surface area contributed by atoms with Gasteiger partial charge in [-0.1, -0.05) is 77.3 Å². The molecule has 0 bridgehead atoms. The third-order valence-corrected chi connectivity index (χ3v) is 5.91. The van der Waals surface area contributed by atoms with Crippen molar-refractivity contribution in [3.05, 3.63) is 29.3 Å². The monoisotopic (exact) mass is 412 g/mol. The maximum absolute atomic E-state index is 11.2. The first-order chi connectivity index (χ1) is 13.4. The van der Waals surface area contributed by atoms with Gasteiger partial charge in [-0.2, -0.15) is 8.42 Å². The van der Waals surface area contributed by atoms with Gasteiger partial charge in [0.15, 0.2) is 0 Å². The van der Waals surface area contributed by atoms with Crippen LogP contribution in [0.5, 0.6) is 5.75 Å². The summed E-state index contributed by atoms with van der Waals surface area (Å²) in [5.74, 6) is 0.391. The Balaban J connectivity index is 2.73. The highest BCUT2D eigenvalue weighted by atomic mass is 32.2. The van der Waals surface area contributed by atoms with Crippen molar-refractivity contribution in [2.24, 2.45) is 0 Å². The minimum atomic E-state index is -4.04. The van der Waals surface area contributed by atoms with Gasteiger partial charge in [-0.3, -0.25) is 4.55 Å². The molecule has 0 heterocycles. The number of benzene rings is 1. The molecule has 0 aliphatic rings. The van der Waals surface area contributed by atoms with E-state index in [1.54, 1.807) is 6.92 Å². The van der Waals surface area contributed by atoms with E-state index in [0.29, 0.717) is 0 Å². The molecule has 1 aromatic rings. The Hall–Kier alpha value is -1.07. The van der Waals surface area contributed by atoms with Crippen molar-refractivity contribution in [1.29, 1.82) is 0 Å². The van der Waals surface area contributed by atoms with Crippen LogP contribution in [-0.2, 0) is 23.0 Å². The predicted molar refractivity (Wildman–Crippen MR) is 118 cm³/mol. The van der Waals surface area contributed by atoms with Crippen LogP contribution in [0.4, 0.5) is 0 Å². The van der Waals surface area contributed by atoms with Crippen LogP contribution in [0.3, 0.4) is 0 Å². The van der Waals surface area contributed by atoms with E-state index in [1.165, 1.54) is 56.9 Å². The highest BCUT2D eigenvalue weighted by molar-refractivity contribution is 7.85. The summed E-state index contributed by atoms with van der Waals surface area (Å²) in [4.78, 5) is 0. The van der Waals surface area contributed by atoms with Crippen LogP contribution in [0.15, 0.2) is 18.2 Å². The largest absolute Gasteiger partial charge is 0.489 e. The molecule has 4 nitrogen and oxygen atoms in total. The van der Waals surface area contributed by atoms with Gasteiger partial charge >= 0.3 is 0 Å². The van der Waals surface area contributed by atoms with E-state index in [0.717, 1.165) is 37.0 Å². The van der Waals surface area contributed by atoms with Crippen LogP contribution >= 0.6 is 0 Å². The molecular weight excluding hydrogens is 372 g/mol. The van der Waals surface area contributed by atoms with Crippen molar-refractivity contribution in [2.45, 2.75) is 104 Å². The number of rotatable bonds is 16. The van der Waals surface area contributed by atoms with Crippen molar-refractivity contribution < 1.29 is 17.7 Å². The van der Waals surface area contributed by atoms with E-state index in [-0.39, 0.29) is 5.75 Å². The molecule has 0 fully saturated rings. The smallest absolute Gasteiger partial charge is 0.268 e. The Labute approximate surface area is 172 Å². The second-order valence-corrected chi connectivity index (χ2v) is 9.44. The predicted octanol–water partition coefficient (Wildman–Crippen LogP) is 6.37. The van der Waals surface area contributed by atoms with Crippen molar-refractivity contribution in [1.82, 2.24) is 0 Å². The zero-order chi connectivity index (χ0) is 20.8. The summed E-state index contributed by atoms with van der Waals surface area (Å²) in [7, 11) is -4.04.